The zero-order chi connectivity index (χ0) is 12.4. The Balaban J connectivity index is 1.86. The van der Waals surface area contributed by atoms with E-state index in [-0.39, 0.29) is 6.10 Å². The van der Waals surface area contributed by atoms with Crippen molar-refractivity contribution in [1.82, 2.24) is 15.2 Å². The number of likely N-dealkylation sites (N-methyl/N-ethyl adjacent to an activating group) is 1. The van der Waals surface area contributed by atoms with Gasteiger partial charge in [-0.1, -0.05) is 0 Å². The van der Waals surface area contributed by atoms with Crippen LogP contribution >= 0.6 is 0 Å². The topological polar surface area (TPSA) is 37.4 Å². The van der Waals surface area contributed by atoms with Gasteiger partial charge in [0, 0.05) is 31.5 Å². The Labute approximate surface area is 108 Å². The van der Waals surface area contributed by atoms with Gasteiger partial charge in [0.15, 0.2) is 0 Å². The van der Waals surface area contributed by atoms with Crippen LogP contribution in [0.4, 0.5) is 0 Å². The lowest BCUT2D eigenvalue weighted by Gasteiger charge is -2.41. The number of pyridine rings is 1. The van der Waals surface area contributed by atoms with Gasteiger partial charge in [0.05, 0.1) is 18.8 Å². The molecule has 0 spiro atoms. The fraction of sp³-hybridized carbons (Fsp3) is 0.643. The average molecular weight is 247 g/mol. The Bertz CT molecular complexity index is 378. The second-order valence-electron chi connectivity index (χ2n) is 5.16. The third-order valence-corrected chi connectivity index (χ3v) is 3.86. The highest BCUT2D eigenvalue weighted by molar-refractivity contribution is 5.19. The lowest BCUT2D eigenvalue weighted by Crippen LogP contribution is -2.49. The fourth-order valence-corrected chi connectivity index (χ4v) is 2.91. The van der Waals surface area contributed by atoms with Crippen LogP contribution in [0.1, 0.15) is 24.4 Å². The van der Waals surface area contributed by atoms with Crippen molar-refractivity contribution in [2.24, 2.45) is 0 Å². The van der Waals surface area contributed by atoms with Gasteiger partial charge in [0.25, 0.3) is 0 Å². The van der Waals surface area contributed by atoms with Crippen molar-refractivity contribution in [2.45, 2.75) is 31.0 Å². The molecule has 2 aliphatic rings. The van der Waals surface area contributed by atoms with Crippen LogP contribution in [0.15, 0.2) is 24.5 Å². The van der Waals surface area contributed by atoms with Crippen molar-refractivity contribution in [2.75, 3.05) is 26.7 Å². The molecular weight excluding hydrogens is 226 g/mol. The molecule has 1 aromatic rings. The summed E-state index contributed by atoms with van der Waals surface area (Å²) in [6.07, 6.45) is 6.69. The normalized spacial score (nSPS) is 29.4. The van der Waals surface area contributed by atoms with E-state index in [0.29, 0.717) is 6.04 Å². The van der Waals surface area contributed by atoms with E-state index in [9.17, 15) is 0 Å². The molecule has 0 amide bonds. The molecule has 1 aliphatic heterocycles. The molecule has 4 heteroatoms. The number of ether oxygens (including phenoxy) is 1. The standard InChI is InChI=1S/C14H21N3O/c1-15-10-13-14(11-4-6-16-7-5-11)17(8-9-18-13)12-2-3-12/h4-7,12-15H,2-3,8-10H2,1H3. The van der Waals surface area contributed by atoms with Gasteiger partial charge < -0.3 is 10.1 Å². The number of nitrogens with zero attached hydrogens (tertiary/aromatic N) is 2. The van der Waals surface area contributed by atoms with E-state index in [1.807, 2.05) is 19.4 Å². The number of rotatable bonds is 4. The molecule has 1 saturated carbocycles. The largest absolute Gasteiger partial charge is 0.374 e. The van der Waals surface area contributed by atoms with Crippen LogP contribution in [0, 0.1) is 0 Å². The van der Waals surface area contributed by atoms with Gasteiger partial charge in [-0.25, -0.2) is 0 Å². The SMILES string of the molecule is CNCC1OCCN(C2CC2)C1c1ccncc1. The van der Waals surface area contributed by atoms with Crippen molar-refractivity contribution in [3.05, 3.63) is 30.1 Å². The van der Waals surface area contributed by atoms with Gasteiger partial charge in [0.1, 0.15) is 0 Å². The molecule has 0 aromatic carbocycles. The van der Waals surface area contributed by atoms with Gasteiger partial charge >= 0.3 is 0 Å². The first-order chi connectivity index (χ1) is 8.90. The number of nitrogens with one attached hydrogen (secondary N) is 1. The molecule has 1 N–H and O–H groups in total. The summed E-state index contributed by atoms with van der Waals surface area (Å²) in [7, 11) is 1.99. The summed E-state index contributed by atoms with van der Waals surface area (Å²) in [6, 6.07) is 5.39. The zero-order valence-corrected chi connectivity index (χ0v) is 10.9. The van der Waals surface area contributed by atoms with Crippen molar-refractivity contribution in [3.8, 4) is 0 Å². The summed E-state index contributed by atoms with van der Waals surface area (Å²) in [5, 5.41) is 3.25. The van der Waals surface area contributed by atoms with Gasteiger partial charge in [-0.05, 0) is 37.6 Å². The van der Waals surface area contributed by atoms with E-state index in [4.69, 9.17) is 4.74 Å². The molecule has 18 heavy (non-hydrogen) atoms. The summed E-state index contributed by atoms with van der Waals surface area (Å²) in [5.74, 6) is 0. The molecule has 1 aliphatic carbocycles. The molecule has 2 atom stereocenters. The third kappa shape index (κ3) is 2.41. The predicted molar refractivity (Wildman–Crippen MR) is 70.4 cm³/mol. The molecule has 2 unspecified atom stereocenters. The smallest absolute Gasteiger partial charge is 0.0896 e. The predicted octanol–water partition coefficient (Wildman–Crippen LogP) is 1.21. The van der Waals surface area contributed by atoms with Crippen molar-refractivity contribution in [3.63, 3.8) is 0 Å². The second-order valence-corrected chi connectivity index (χ2v) is 5.16. The van der Waals surface area contributed by atoms with Crippen LogP contribution in [-0.2, 0) is 4.74 Å². The van der Waals surface area contributed by atoms with E-state index in [1.165, 1.54) is 18.4 Å². The monoisotopic (exact) mass is 247 g/mol. The first-order valence-corrected chi connectivity index (χ1v) is 6.82. The number of hydrogen-bond donors (Lipinski definition) is 1. The lowest BCUT2D eigenvalue weighted by molar-refractivity contribution is -0.0740. The Hall–Kier alpha value is -0.970. The quantitative estimate of drug-likeness (QED) is 0.867. The fourth-order valence-electron chi connectivity index (χ4n) is 2.91. The second kappa shape index (κ2) is 5.34. The number of hydrogen-bond acceptors (Lipinski definition) is 4. The summed E-state index contributed by atoms with van der Waals surface area (Å²) in [5.41, 5.74) is 1.33. The first kappa shape index (κ1) is 12.1. The van der Waals surface area contributed by atoms with Crippen LogP contribution in [0.2, 0.25) is 0 Å². The van der Waals surface area contributed by atoms with Gasteiger partial charge in [-0.15, -0.1) is 0 Å². The minimum atomic E-state index is 0.242. The van der Waals surface area contributed by atoms with Crippen molar-refractivity contribution >= 4 is 0 Å². The first-order valence-electron chi connectivity index (χ1n) is 6.82. The third-order valence-electron chi connectivity index (χ3n) is 3.86. The molecule has 0 bridgehead atoms. The average Bonchev–Trinajstić information content (AvgIpc) is 3.24. The molecule has 0 radical (unpaired) electrons. The van der Waals surface area contributed by atoms with E-state index in [1.54, 1.807) is 0 Å². The van der Waals surface area contributed by atoms with Crippen molar-refractivity contribution in [1.29, 1.82) is 0 Å². The summed E-state index contributed by atoms with van der Waals surface area (Å²) < 4.78 is 5.97. The maximum atomic E-state index is 5.97. The Morgan fingerprint density at radius 3 is 2.83 bits per heavy atom. The highest BCUT2D eigenvalue weighted by atomic mass is 16.5. The zero-order valence-electron chi connectivity index (χ0n) is 10.9. The van der Waals surface area contributed by atoms with Crippen LogP contribution in [0.3, 0.4) is 0 Å². The maximum absolute atomic E-state index is 5.97. The molecule has 4 nitrogen and oxygen atoms in total. The highest BCUT2D eigenvalue weighted by Crippen LogP contribution is 2.38. The van der Waals surface area contributed by atoms with E-state index in [2.05, 4.69) is 27.3 Å². The molecule has 98 valence electrons. The minimum Gasteiger partial charge on any atom is -0.374 e. The molecule has 2 fully saturated rings. The van der Waals surface area contributed by atoms with Crippen LogP contribution in [-0.4, -0.2) is 48.8 Å². The summed E-state index contributed by atoms with van der Waals surface area (Å²) in [6.45, 7) is 2.80. The van der Waals surface area contributed by atoms with E-state index in [0.717, 1.165) is 25.7 Å². The summed E-state index contributed by atoms with van der Waals surface area (Å²) in [4.78, 5) is 6.75. The van der Waals surface area contributed by atoms with E-state index >= 15 is 0 Å². The molecule has 2 heterocycles. The Morgan fingerprint density at radius 1 is 1.39 bits per heavy atom. The molecular formula is C14H21N3O. The van der Waals surface area contributed by atoms with Gasteiger partial charge in [0.2, 0.25) is 0 Å². The molecule has 1 aromatic heterocycles. The van der Waals surface area contributed by atoms with Gasteiger partial charge in [-0.3, -0.25) is 9.88 Å². The summed E-state index contributed by atoms with van der Waals surface area (Å²) >= 11 is 0. The number of aromatic nitrogens is 1. The van der Waals surface area contributed by atoms with E-state index < -0.39 is 0 Å². The Kier molecular flexibility index (Phi) is 3.59. The maximum Gasteiger partial charge on any atom is 0.0896 e. The molecule has 3 rings (SSSR count). The lowest BCUT2D eigenvalue weighted by atomic mass is 9.98. The molecule has 1 saturated heterocycles. The Morgan fingerprint density at radius 2 is 2.17 bits per heavy atom. The minimum absolute atomic E-state index is 0.242. The van der Waals surface area contributed by atoms with Crippen molar-refractivity contribution < 1.29 is 4.74 Å². The van der Waals surface area contributed by atoms with Crippen LogP contribution < -0.4 is 5.32 Å². The highest BCUT2D eigenvalue weighted by Gasteiger charge is 2.40. The van der Waals surface area contributed by atoms with Crippen LogP contribution in [0.25, 0.3) is 0 Å². The van der Waals surface area contributed by atoms with Gasteiger partial charge in [-0.2, -0.15) is 0 Å². The van der Waals surface area contributed by atoms with Crippen LogP contribution in [0.5, 0.6) is 0 Å². The number of morpholine rings is 1.